The quantitative estimate of drug-likeness (QED) is 0.794. The van der Waals surface area contributed by atoms with E-state index in [0.29, 0.717) is 30.8 Å². The van der Waals surface area contributed by atoms with Gasteiger partial charge in [-0.05, 0) is 42.7 Å². The average molecular weight is 390 g/mol. The number of esters is 1. The fourth-order valence-electron chi connectivity index (χ4n) is 2.92. The van der Waals surface area contributed by atoms with Gasteiger partial charge in [0.25, 0.3) is 5.91 Å². The molecule has 1 fully saturated rings. The molecule has 2 N–H and O–H groups in total. The third-order valence-corrected chi connectivity index (χ3v) is 5.63. The fraction of sp³-hybridized carbons (Fsp3) is 0.316. The van der Waals surface area contributed by atoms with Crippen LogP contribution >= 0.6 is 11.3 Å². The average Bonchev–Trinajstić information content (AvgIpc) is 3.16. The lowest BCUT2D eigenvalue weighted by atomic mass is 9.96. The van der Waals surface area contributed by atoms with Crippen molar-refractivity contribution in [2.75, 3.05) is 19.7 Å². The summed E-state index contributed by atoms with van der Waals surface area (Å²) in [5, 5.41) is 0. The van der Waals surface area contributed by atoms with E-state index >= 15 is 0 Å². The fourth-order valence-corrected chi connectivity index (χ4v) is 3.83. The van der Waals surface area contributed by atoms with E-state index in [1.807, 2.05) is 0 Å². The Morgan fingerprint density at radius 3 is 2.41 bits per heavy atom. The van der Waals surface area contributed by atoms with Gasteiger partial charge >= 0.3 is 5.97 Å². The lowest BCUT2D eigenvalue weighted by molar-refractivity contribution is -0.137. The molecule has 2 amide bonds. The molecular weight excluding hydrogens is 371 g/mol. The Morgan fingerprint density at radius 1 is 1.11 bits per heavy atom. The Morgan fingerprint density at radius 2 is 1.78 bits per heavy atom. The molecule has 0 spiro atoms. The van der Waals surface area contributed by atoms with Crippen molar-refractivity contribution in [2.24, 2.45) is 11.7 Å². The lowest BCUT2D eigenvalue weighted by Gasteiger charge is -2.30. The molecule has 1 aromatic heterocycles. The van der Waals surface area contributed by atoms with Gasteiger partial charge in [0.15, 0.2) is 6.61 Å². The summed E-state index contributed by atoms with van der Waals surface area (Å²) in [6, 6.07) is 9.35. The number of halogens is 1. The van der Waals surface area contributed by atoms with Crippen LogP contribution in [0.4, 0.5) is 4.39 Å². The molecule has 1 saturated heterocycles. The van der Waals surface area contributed by atoms with Crippen LogP contribution in [0.5, 0.6) is 0 Å². The SMILES string of the molecule is NC(=O)C1CCN(C(=O)COC(=O)c2ccc(-c3ccc(F)cc3)s2)CC1. The second-order valence-electron chi connectivity index (χ2n) is 6.30. The second-order valence-corrected chi connectivity index (χ2v) is 7.39. The molecule has 2 heterocycles. The van der Waals surface area contributed by atoms with Crippen LogP contribution in [0.1, 0.15) is 22.5 Å². The van der Waals surface area contributed by atoms with Gasteiger partial charge in [-0.1, -0.05) is 12.1 Å². The molecule has 1 aromatic carbocycles. The predicted octanol–water partition coefficient (Wildman–Crippen LogP) is 2.43. The van der Waals surface area contributed by atoms with Crippen molar-refractivity contribution in [3.8, 4) is 10.4 Å². The van der Waals surface area contributed by atoms with Crippen molar-refractivity contribution in [3.63, 3.8) is 0 Å². The third kappa shape index (κ3) is 4.71. The number of hydrogen-bond donors (Lipinski definition) is 1. The van der Waals surface area contributed by atoms with Gasteiger partial charge in [0, 0.05) is 23.9 Å². The van der Waals surface area contributed by atoms with E-state index in [-0.39, 0.29) is 30.2 Å². The molecular formula is C19H19FN2O4S. The molecule has 0 aliphatic carbocycles. The molecule has 27 heavy (non-hydrogen) atoms. The summed E-state index contributed by atoms with van der Waals surface area (Å²) in [4.78, 5) is 38.2. The number of benzene rings is 1. The van der Waals surface area contributed by atoms with Crippen molar-refractivity contribution >= 4 is 29.1 Å². The Kier molecular flexibility index (Phi) is 5.85. The van der Waals surface area contributed by atoms with Gasteiger partial charge in [0.05, 0.1) is 0 Å². The highest BCUT2D eigenvalue weighted by Gasteiger charge is 2.26. The summed E-state index contributed by atoms with van der Waals surface area (Å²) in [6.45, 7) is 0.513. The highest BCUT2D eigenvalue weighted by Crippen LogP contribution is 2.28. The summed E-state index contributed by atoms with van der Waals surface area (Å²) in [5.74, 6) is -1.74. The van der Waals surface area contributed by atoms with Crippen LogP contribution in [0.2, 0.25) is 0 Å². The van der Waals surface area contributed by atoms with Crippen LogP contribution < -0.4 is 5.73 Å². The van der Waals surface area contributed by atoms with Crippen LogP contribution in [-0.2, 0) is 14.3 Å². The number of nitrogens with zero attached hydrogens (tertiary/aromatic N) is 1. The van der Waals surface area contributed by atoms with Gasteiger partial charge in [-0.25, -0.2) is 9.18 Å². The van der Waals surface area contributed by atoms with E-state index in [1.165, 1.54) is 23.5 Å². The summed E-state index contributed by atoms with van der Waals surface area (Å²) in [5.41, 5.74) is 6.07. The zero-order valence-corrected chi connectivity index (χ0v) is 15.3. The number of carbonyl (C=O) groups excluding carboxylic acids is 3. The summed E-state index contributed by atoms with van der Waals surface area (Å²) < 4.78 is 18.1. The Balaban J connectivity index is 1.52. The number of hydrogen-bond acceptors (Lipinski definition) is 5. The molecule has 1 aliphatic rings. The minimum atomic E-state index is -0.575. The molecule has 8 heteroatoms. The smallest absolute Gasteiger partial charge is 0.348 e. The predicted molar refractivity (Wildman–Crippen MR) is 98.5 cm³/mol. The standard InChI is InChI=1S/C19H19FN2O4S/c20-14-3-1-12(2-4-14)15-5-6-16(27-15)19(25)26-11-17(23)22-9-7-13(8-10-22)18(21)24/h1-6,13H,7-11H2,(H2,21,24). The summed E-state index contributed by atoms with van der Waals surface area (Å²) >= 11 is 1.22. The molecule has 0 saturated carbocycles. The highest BCUT2D eigenvalue weighted by molar-refractivity contribution is 7.17. The van der Waals surface area contributed by atoms with E-state index in [2.05, 4.69) is 0 Å². The maximum absolute atomic E-state index is 13.0. The minimum absolute atomic E-state index is 0.201. The van der Waals surface area contributed by atoms with E-state index in [0.717, 1.165) is 10.4 Å². The van der Waals surface area contributed by atoms with Gasteiger partial charge in [0.1, 0.15) is 10.7 Å². The maximum Gasteiger partial charge on any atom is 0.348 e. The van der Waals surface area contributed by atoms with E-state index in [4.69, 9.17) is 10.5 Å². The number of amides is 2. The van der Waals surface area contributed by atoms with Crippen LogP contribution in [0.3, 0.4) is 0 Å². The van der Waals surface area contributed by atoms with Crippen LogP contribution in [0.25, 0.3) is 10.4 Å². The molecule has 6 nitrogen and oxygen atoms in total. The molecule has 0 radical (unpaired) electrons. The molecule has 142 valence electrons. The molecule has 2 aromatic rings. The van der Waals surface area contributed by atoms with Gasteiger partial charge in [-0.2, -0.15) is 0 Å². The molecule has 0 atom stereocenters. The first kappa shape index (κ1) is 19.0. The van der Waals surface area contributed by atoms with Crippen molar-refractivity contribution < 1.29 is 23.5 Å². The third-order valence-electron chi connectivity index (χ3n) is 4.51. The number of carbonyl (C=O) groups is 3. The summed E-state index contributed by atoms with van der Waals surface area (Å²) in [6.07, 6.45) is 1.06. The van der Waals surface area contributed by atoms with Crippen molar-refractivity contribution in [2.45, 2.75) is 12.8 Å². The molecule has 0 unspecified atom stereocenters. The van der Waals surface area contributed by atoms with E-state index in [1.54, 1.807) is 29.2 Å². The Hall–Kier alpha value is -2.74. The van der Waals surface area contributed by atoms with Gasteiger partial charge in [0.2, 0.25) is 5.91 Å². The largest absolute Gasteiger partial charge is 0.451 e. The topological polar surface area (TPSA) is 89.7 Å². The lowest BCUT2D eigenvalue weighted by Crippen LogP contribution is -2.43. The second kappa shape index (κ2) is 8.30. The van der Waals surface area contributed by atoms with E-state index < -0.39 is 5.97 Å². The first-order chi connectivity index (χ1) is 12.9. The molecule has 1 aliphatic heterocycles. The normalized spacial score (nSPS) is 14.8. The number of piperidine rings is 1. The number of likely N-dealkylation sites (tertiary alicyclic amines) is 1. The van der Waals surface area contributed by atoms with Crippen LogP contribution in [0.15, 0.2) is 36.4 Å². The first-order valence-corrected chi connectivity index (χ1v) is 9.35. The van der Waals surface area contributed by atoms with Crippen LogP contribution in [0, 0.1) is 11.7 Å². The van der Waals surface area contributed by atoms with Crippen LogP contribution in [-0.4, -0.2) is 42.4 Å². The van der Waals surface area contributed by atoms with E-state index in [9.17, 15) is 18.8 Å². The van der Waals surface area contributed by atoms with Crippen molar-refractivity contribution in [1.82, 2.24) is 4.90 Å². The summed E-state index contributed by atoms with van der Waals surface area (Å²) in [7, 11) is 0. The monoisotopic (exact) mass is 390 g/mol. The number of thiophene rings is 1. The zero-order chi connectivity index (χ0) is 19.4. The Bertz CT molecular complexity index is 842. The van der Waals surface area contributed by atoms with Crippen molar-refractivity contribution in [3.05, 3.63) is 47.1 Å². The highest BCUT2D eigenvalue weighted by atomic mass is 32.1. The van der Waals surface area contributed by atoms with Gasteiger partial charge in [-0.15, -0.1) is 11.3 Å². The zero-order valence-electron chi connectivity index (χ0n) is 14.5. The number of primary amides is 1. The number of nitrogens with two attached hydrogens (primary N) is 1. The molecule has 0 bridgehead atoms. The van der Waals surface area contributed by atoms with Gasteiger partial charge in [-0.3, -0.25) is 9.59 Å². The number of ether oxygens (including phenoxy) is 1. The van der Waals surface area contributed by atoms with Crippen molar-refractivity contribution in [1.29, 1.82) is 0 Å². The maximum atomic E-state index is 13.0. The Labute approximate surface area is 159 Å². The van der Waals surface area contributed by atoms with Gasteiger partial charge < -0.3 is 15.4 Å². The minimum Gasteiger partial charge on any atom is -0.451 e. The molecule has 3 rings (SSSR count). The number of rotatable bonds is 5. The first-order valence-electron chi connectivity index (χ1n) is 8.54.